The largest absolute Gasteiger partial charge is 0.494 e. The van der Waals surface area contributed by atoms with Crippen molar-refractivity contribution in [1.29, 1.82) is 0 Å². The van der Waals surface area contributed by atoms with Gasteiger partial charge < -0.3 is 24.8 Å². The topological polar surface area (TPSA) is 130 Å². The van der Waals surface area contributed by atoms with Gasteiger partial charge in [0.1, 0.15) is 11.2 Å². The summed E-state index contributed by atoms with van der Waals surface area (Å²) in [5.41, 5.74) is 1.88. The lowest BCUT2D eigenvalue weighted by molar-refractivity contribution is -0.161. The molecule has 0 radical (unpaired) electrons. The maximum Gasteiger partial charge on any atom is 0.303 e. The molecule has 8 nitrogen and oxygen atoms in total. The third-order valence-corrected chi connectivity index (χ3v) is 7.90. The molecule has 0 aromatic heterocycles. The zero-order chi connectivity index (χ0) is 27.1. The summed E-state index contributed by atoms with van der Waals surface area (Å²) in [5.74, 6) is -4.62. The van der Waals surface area contributed by atoms with Gasteiger partial charge in [0.25, 0.3) is 0 Å². The van der Waals surface area contributed by atoms with E-state index in [4.69, 9.17) is 21.1 Å². The summed E-state index contributed by atoms with van der Waals surface area (Å²) in [7, 11) is 0. The minimum atomic E-state index is -1.11. The van der Waals surface area contributed by atoms with Gasteiger partial charge >= 0.3 is 17.9 Å². The van der Waals surface area contributed by atoms with Crippen molar-refractivity contribution in [3.8, 4) is 5.75 Å². The van der Waals surface area contributed by atoms with Crippen LogP contribution < -0.4 is 4.74 Å². The average molecular weight is 551 g/mol. The van der Waals surface area contributed by atoms with Crippen molar-refractivity contribution >= 4 is 41.3 Å². The molecule has 1 saturated heterocycles. The van der Waals surface area contributed by atoms with Crippen molar-refractivity contribution in [2.75, 3.05) is 12.9 Å². The lowest BCUT2D eigenvalue weighted by Crippen LogP contribution is -2.45. The molecular formula is C27H31ClO8S. The zero-order valence-electron chi connectivity index (χ0n) is 20.6. The van der Waals surface area contributed by atoms with E-state index >= 15 is 0 Å². The van der Waals surface area contributed by atoms with Crippen LogP contribution in [-0.2, 0) is 25.5 Å². The highest BCUT2D eigenvalue weighted by Gasteiger charge is 2.48. The molecule has 0 unspecified atom stereocenters. The summed E-state index contributed by atoms with van der Waals surface area (Å²) < 4.78 is 11.8. The molecule has 0 aliphatic carbocycles. The molecule has 5 atom stereocenters. The first-order valence-electron chi connectivity index (χ1n) is 12.0. The Morgan fingerprint density at radius 1 is 0.919 bits per heavy atom. The van der Waals surface area contributed by atoms with E-state index in [0.29, 0.717) is 23.6 Å². The van der Waals surface area contributed by atoms with Gasteiger partial charge in [-0.25, -0.2) is 0 Å². The monoisotopic (exact) mass is 550 g/mol. The van der Waals surface area contributed by atoms with Crippen LogP contribution in [0.15, 0.2) is 42.5 Å². The van der Waals surface area contributed by atoms with Crippen molar-refractivity contribution in [1.82, 2.24) is 0 Å². The first-order valence-corrected chi connectivity index (χ1v) is 13.6. The Kier molecular flexibility index (Phi) is 10.3. The summed E-state index contributed by atoms with van der Waals surface area (Å²) in [6.07, 6.45) is 0.540. The highest BCUT2D eigenvalue weighted by molar-refractivity contribution is 7.99. The third-order valence-electron chi connectivity index (χ3n) is 6.61. The molecule has 3 N–H and O–H groups in total. The number of rotatable bonds is 12. The lowest BCUT2D eigenvalue weighted by Gasteiger charge is -2.46. The Hall–Kier alpha value is -2.75. The van der Waals surface area contributed by atoms with Crippen molar-refractivity contribution in [2.24, 2.45) is 17.8 Å². The summed E-state index contributed by atoms with van der Waals surface area (Å²) in [5, 5.41) is 29.3. The van der Waals surface area contributed by atoms with E-state index < -0.39 is 47.2 Å². The zero-order valence-corrected chi connectivity index (χ0v) is 22.2. The molecule has 10 heteroatoms. The fourth-order valence-corrected chi connectivity index (χ4v) is 6.12. The standard InChI is InChI=1S/C27H31ClO8S/c1-3-35-18-7-4-15(5-8-18)10-17-11-16(6-9-22(17)28)26-20(13-24(31)32)19(12-23(29)30)21(14-25(33)34)27(36-26)37-2/h4-9,11,19-21,26-27H,3,10,12-14H2,1-2H3,(H,29,30)(H,31,32)(H,33,34)/t19-,20+,21+,26-,27-/m1/s1. The number of hydrogen-bond donors (Lipinski definition) is 3. The smallest absolute Gasteiger partial charge is 0.303 e. The summed E-state index contributed by atoms with van der Waals surface area (Å²) in [6.45, 7) is 2.48. The molecule has 200 valence electrons. The fourth-order valence-electron chi connectivity index (χ4n) is 5.06. The number of carboxylic acids is 3. The van der Waals surface area contributed by atoms with Crippen molar-refractivity contribution in [3.05, 3.63) is 64.2 Å². The van der Waals surface area contributed by atoms with E-state index in [1.54, 1.807) is 18.4 Å². The number of benzene rings is 2. The Bertz CT molecular complexity index is 1110. The number of ether oxygens (including phenoxy) is 2. The predicted octanol–water partition coefficient (Wildman–Crippen LogP) is 5.36. The minimum absolute atomic E-state index is 0.310. The highest BCUT2D eigenvalue weighted by atomic mass is 35.5. The fraction of sp³-hybridized carbons (Fsp3) is 0.444. The molecule has 1 aliphatic rings. The van der Waals surface area contributed by atoms with Gasteiger partial charge in [-0.05, 0) is 60.4 Å². The Morgan fingerprint density at radius 2 is 1.51 bits per heavy atom. The SMILES string of the molecule is CCOc1ccc(Cc2cc([C@H]3O[C@H](SC)[C@@H](CC(=O)O)[C@H](CC(=O)O)[C@@H]3CC(=O)O)ccc2Cl)cc1. The molecule has 37 heavy (non-hydrogen) atoms. The van der Waals surface area contributed by atoms with Crippen LogP contribution in [0.25, 0.3) is 0 Å². The maximum absolute atomic E-state index is 11.8. The van der Waals surface area contributed by atoms with Gasteiger partial charge in [0, 0.05) is 23.3 Å². The summed E-state index contributed by atoms with van der Waals surface area (Å²) in [4.78, 5) is 35.2. The van der Waals surface area contributed by atoms with Crippen LogP contribution in [0.5, 0.6) is 5.75 Å². The number of carboxylic acid groups (broad SMARTS) is 3. The van der Waals surface area contributed by atoms with E-state index in [-0.39, 0.29) is 19.3 Å². The maximum atomic E-state index is 11.8. The predicted molar refractivity (Wildman–Crippen MR) is 140 cm³/mol. The van der Waals surface area contributed by atoms with E-state index in [0.717, 1.165) is 16.9 Å². The quantitative estimate of drug-likeness (QED) is 0.319. The number of carbonyl (C=O) groups is 3. The van der Waals surface area contributed by atoms with E-state index in [1.165, 1.54) is 11.8 Å². The lowest BCUT2D eigenvalue weighted by atomic mass is 9.70. The van der Waals surface area contributed by atoms with Gasteiger partial charge in [0.2, 0.25) is 0 Å². The molecule has 2 aromatic rings. The van der Waals surface area contributed by atoms with Crippen molar-refractivity contribution < 1.29 is 39.2 Å². The van der Waals surface area contributed by atoms with Crippen molar-refractivity contribution in [2.45, 2.75) is 44.1 Å². The molecule has 1 fully saturated rings. The molecule has 1 aliphatic heterocycles. The second-order valence-corrected chi connectivity index (χ2v) is 10.4. The molecular weight excluding hydrogens is 520 g/mol. The van der Waals surface area contributed by atoms with E-state index in [9.17, 15) is 29.7 Å². The van der Waals surface area contributed by atoms with E-state index in [1.807, 2.05) is 37.3 Å². The molecule has 0 saturated carbocycles. The van der Waals surface area contributed by atoms with Gasteiger partial charge in [-0.1, -0.05) is 35.9 Å². The van der Waals surface area contributed by atoms with Crippen LogP contribution in [0.1, 0.15) is 49.0 Å². The number of halogens is 1. The van der Waals surface area contributed by atoms with Crippen LogP contribution in [0.2, 0.25) is 5.02 Å². The number of thioether (sulfide) groups is 1. The van der Waals surface area contributed by atoms with Crippen LogP contribution in [0, 0.1) is 17.8 Å². The second-order valence-electron chi connectivity index (χ2n) is 9.05. The normalized spacial score (nSPS) is 23.4. The van der Waals surface area contributed by atoms with Crippen LogP contribution in [-0.4, -0.2) is 51.5 Å². The molecule has 1 heterocycles. The van der Waals surface area contributed by atoms with Crippen LogP contribution in [0.3, 0.4) is 0 Å². The Balaban J connectivity index is 1.99. The Morgan fingerprint density at radius 3 is 2.08 bits per heavy atom. The first kappa shape index (κ1) is 28.8. The van der Waals surface area contributed by atoms with Gasteiger partial charge in [0.05, 0.1) is 25.6 Å². The molecule has 2 aromatic carbocycles. The van der Waals surface area contributed by atoms with Crippen LogP contribution in [0.4, 0.5) is 0 Å². The van der Waals surface area contributed by atoms with E-state index in [2.05, 4.69) is 0 Å². The van der Waals surface area contributed by atoms with Gasteiger partial charge in [0.15, 0.2) is 0 Å². The van der Waals surface area contributed by atoms with Crippen LogP contribution >= 0.6 is 23.4 Å². The molecule has 0 bridgehead atoms. The first-order chi connectivity index (χ1) is 17.6. The van der Waals surface area contributed by atoms with Gasteiger partial charge in [-0.15, -0.1) is 11.8 Å². The average Bonchev–Trinajstić information content (AvgIpc) is 2.83. The third kappa shape index (κ3) is 7.63. The van der Waals surface area contributed by atoms with Crippen molar-refractivity contribution in [3.63, 3.8) is 0 Å². The number of aliphatic carboxylic acids is 3. The van der Waals surface area contributed by atoms with Gasteiger partial charge in [-0.2, -0.15) is 0 Å². The summed E-state index contributed by atoms with van der Waals surface area (Å²) in [6, 6.07) is 13.0. The molecule has 0 amide bonds. The number of hydrogen-bond acceptors (Lipinski definition) is 6. The second kappa shape index (κ2) is 13.2. The Labute approximate surface area is 224 Å². The highest BCUT2D eigenvalue weighted by Crippen LogP contribution is 2.50. The molecule has 0 spiro atoms. The minimum Gasteiger partial charge on any atom is -0.494 e. The van der Waals surface area contributed by atoms with Gasteiger partial charge in [-0.3, -0.25) is 14.4 Å². The summed E-state index contributed by atoms with van der Waals surface area (Å²) >= 11 is 7.81. The molecule has 3 rings (SSSR count).